The number of unbranched alkanes of at least 4 members (excludes halogenated alkanes) is 12. The summed E-state index contributed by atoms with van der Waals surface area (Å²) in [6, 6.07) is 5.90. The van der Waals surface area contributed by atoms with Crippen molar-refractivity contribution in [2.45, 2.75) is 130 Å². The molecular formula is C38H56O8. The van der Waals surface area contributed by atoms with Crippen molar-refractivity contribution in [2.24, 2.45) is 0 Å². The number of carbonyl (C=O) groups excluding carboxylic acids is 4. The third-order valence-corrected chi connectivity index (χ3v) is 7.96. The van der Waals surface area contributed by atoms with Crippen molar-refractivity contribution >= 4 is 34.6 Å². The predicted octanol–water partition coefficient (Wildman–Crippen LogP) is 9.79. The van der Waals surface area contributed by atoms with Crippen molar-refractivity contribution < 1.29 is 38.1 Å². The first-order chi connectivity index (χ1) is 22.4. The molecule has 0 N–H and O–H groups in total. The van der Waals surface area contributed by atoms with Crippen LogP contribution in [0.25, 0.3) is 10.8 Å². The van der Waals surface area contributed by atoms with Gasteiger partial charge in [-0.05, 0) is 49.9 Å². The van der Waals surface area contributed by atoms with Crippen molar-refractivity contribution in [3.8, 4) is 0 Å². The first-order valence-corrected chi connectivity index (χ1v) is 17.7. The van der Waals surface area contributed by atoms with Crippen LogP contribution in [0.3, 0.4) is 0 Å². The minimum absolute atomic E-state index is 0.0838. The molecule has 0 saturated heterocycles. The fourth-order valence-corrected chi connectivity index (χ4v) is 5.26. The zero-order valence-corrected chi connectivity index (χ0v) is 28.7. The number of carbonyl (C=O) groups is 4. The van der Waals surface area contributed by atoms with E-state index in [1.165, 1.54) is 24.3 Å². The van der Waals surface area contributed by atoms with E-state index >= 15 is 0 Å². The summed E-state index contributed by atoms with van der Waals surface area (Å²) < 4.78 is 22.5. The molecule has 0 radical (unpaired) electrons. The van der Waals surface area contributed by atoms with Crippen LogP contribution >= 0.6 is 0 Å². The number of ether oxygens (including phenoxy) is 4. The molecule has 0 saturated carbocycles. The quantitative estimate of drug-likeness (QED) is 0.0634. The number of hydrogen-bond donors (Lipinski definition) is 0. The van der Waals surface area contributed by atoms with E-state index in [4.69, 9.17) is 18.9 Å². The second-order valence-electron chi connectivity index (χ2n) is 11.9. The lowest BCUT2D eigenvalue weighted by Gasteiger charge is -2.17. The molecule has 0 amide bonds. The van der Waals surface area contributed by atoms with Gasteiger partial charge in [-0.15, -0.1) is 0 Å². The van der Waals surface area contributed by atoms with Crippen LogP contribution in [0.1, 0.15) is 172 Å². The van der Waals surface area contributed by atoms with E-state index in [0.29, 0.717) is 25.7 Å². The Morgan fingerprint density at radius 1 is 0.370 bits per heavy atom. The molecule has 0 unspecified atom stereocenters. The Labute approximate surface area is 275 Å². The number of rotatable bonds is 24. The van der Waals surface area contributed by atoms with Crippen molar-refractivity contribution in [2.75, 3.05) is 26.4 Å². The fraction of sp³-hybridized carbons (Fsp3) is 0.632. The highest BCUT2D eigenvalue weighted by Gasteiger charge is 2.28. The SMILES string of the molecule is CCCCCCOC(=O)c1ccc(C(=O)OCCCCCC)c2c(C(=O)OCCCCCC)ccc(C(=O)OCCCCCC)c12. The minimum atomic E-state index is -0.636. The second kappa shape index (κ2) is 23.0. The summed E-state index contributed by atoms with van der Waals surface area (Å²) in [7, 11) is 0. The Bertz CT molecular complexity index is 1050. The summed E-state index contributed by atoms with van der Waals surface area (Å²) in [5, 5.41) is 0.274. The van der Waals surface area contributed by atoms with E-state index in [2.05, 4.69) is 27.7 Å². The van der Waals surface area contributed by atoms with Gasteiger partial charge < -0.3 is 18.9 Å². The molecule has 0 heterocycles. The highest BCUT2D eigenvalue weighted by atomic mass is 16.5. The maximum atomic E-state index is 13.5. The van der Waals surface area contributed by atoms with Crippen LogP contribution in [0.2, 0.25) is 0 Å². The molecule has 0 aromatic heterocycles. The van der Waals surface area contributed by atoms with Gasteiger partial charge in [0.1, 0.15) is 0 Å². The molecule has 0 aliphatic carbocycles. The smallest absolute Gasteiger partial charge is 0.338 e. The summed E-state index contributed by atoms with van der Waals surface area (Å²) in [6.07, 6.45) is 14.9. The number of esters is 4. The number of fused-ring (bicyclic) bond motifs is 1. The Hall–Kier alpha value is -3.42. The Kier molecular flexibility index (Phi) is 19.4. The Morgan fingerprint density at radius 2 is 0.587 bits per heavy atom. The molecule has 0 spiro atoms. The third-order valence-electron chi connectivity index (χ3n) is 7.96. The summed E-state index contributed by atoms with van der Waals surface area (Å²) in [4.78, 5) is 54.0. The summed E-state index contributed by atoms with van der Waals surface area (Å²) in [5.74, 6) is -2.54. The molecule has 0 aliphatic rings. The summed E-state index contributed by atoms with van der Waals surface area (Å²) in [5.41, 5.74) is 0.335. The topological polar surface area (TPSA) is 105 Å². The van der Waals surface area contributed by atoms with E-state index in [0.717, 1.165) is 77.0 Å². The molecule has 256 valence electrons. The van der Waals surface area contributed by atoms with Crippen molar-refractivity contribution in [3.05, 3.63) is 46.5 Å². The lowest BCUT2D eigenvalue weighted by atomic mass is 9.91. The highest BCUT2D eigenvalue weighted by molar-refractivity contribution is 6.22. The largest absolute Gasteiger partial charge is 0.462 e. The number of hydrogen-bond acceptors (Lipinski definition) is 8. The van der Waals surface area contributed by atoms with Crippen LogP contribution in [0, 0.1) is 0 Å². The first-order valence-electron chi connectivity index (χ1n) is 17.7. The normalized spacial score (nSPS) is 11.0. The van der Waals surface area contributed by atoms with E-state index in [9.17, 15) is 19.2 Å². The molecule has 0 aliphatic heterocycles. The van der Waals surface area contributed by atoms with Gasteiger partial charge in [0.05, 0.1) is 48.7 Å². The van der Waals surface area contributed by atoms with Crippen LogP contribution in [0.4, 0.5) is 0 Å². The maximum absolute atomic E-state index is 13.5. The summed E-state index contributed by atoms with van der Waals surface area (Å²) in [6.45, 7) is 9.30. The van der Waals surface area contributed by atoms with Crippen LogP contribution < -0.4 is 0 Å². The summed E-state index contributed by atoms with van der Waals surface area (Å²) >= 11 is 0. The van der Waals surface area contributed by atoms with Crippen LogP contribution in [-0.2, 0) is 18.9 Å². The zero-order chi connectivity index (χ0) is 33.6. The minimum Gasteiger partial charge on any atom is -0.462 e. The van der Waals surface area contributed by atoms with Crippen molar-refractivity contribution in [1.29, 1.82) is 0 Å². The highest BCUT2D eigenvalue weighted by Crippen LogP contribution is 2.32. The molecule has 46 heavy (non-hydrogen) atoms. The zero-order valence-electron chi connectivity index (χ0n) is 28.7. The lowest BCUT2D eigenvalue weighted by molar-refractivity contribution is 0.0477. The molecular weight excluding hydrogens is 584 g/mol. The van der Waals surface area contributed by atoms with Crippen molar-refractivity contribution in [3.63, 3.8) is 0 Å². The molecule has 8 heteroatoms. The number of benzene rings is 2. The van der Waals surface area contributed by atoms with E-state index in [-0.39, 0.29) is 59.5 Å². The standard InChI is InChI=1S/C38H56O8/c1-5-9-13-17-25-43-35(39)29-21-22-31(37(41)45-27-19-15-11-7-3)34-32(38(42)46-28-20-16-12-8-4)24-23-30(33(29)34)36(40)44-26-18-14-10-6-2/h21-24H,5-20,25-28H2,1-4H3. The van der Waals surface area contributed by atoms with Crippen LogP contribution in [0.5, 0.6) is 0 Å². The van der Waals surface area contributed by atoms with E-state index in [1.54, 1.807) is 0 Å². The average molecular weight is 641 g/mol. The van der Waals surface area contributed by atoms with Gasteiger partial charge in [-0.25, -0.2) is 19.2 Å². The van der Waals surface area contributed by atoms with Crippen LogP contribution in [-0.4, -0.2) is 50.3 Å². The van der Waals surface area contributed by atoms with Gasteiger partial charge >= 0.3 is 23.9 Å². The van der Waals surface area contributed by atoms with Gasteiger partial charge in [-0.2, -0.15) is 0 Å². The molecule has 2 aromatic rings. The molecule has 2 aromatic carbocycles. The monoisotopic (exact) mass is 640 g/mol. The third kappa shape index (κ3) is 12.8. The maximum Gasteiger partial charge on any atom is 0.338 e. The molecule has 0 bridgehead atoms. The van der Waals surface area contributed by atoms with E-state index < -0.39 is 23.9 Å². The Balaban J connectivity index is 2.60. The first kappa shape index (κ1) is 38.8. The average Bonchev–Trinajstić information content (AvgIpc) is 3.06. The van der Waals surface area contributed by atoms with Gasteiger partial charge in [0.15, 0.2) is 0 Å². The van der Waals surface area contributed by atoms with Gasteiger partial charge in [-0.3, -0.25) is 0 Å². The van der Waals surface area contributed by atoms with Gasteiger partial charge in [-0.1, -0.05) is 105 Å². The fourth-order valence-electron chi connectivity index (χ4n) is 5.26. The molecule has 8 nitrogen and oxygen atoms in total. The van der Waals surface area contributed by atoms with Crippen LogP contribution in [0.15, 0.2) is 24.3 Å². The van der Waals surface area contributed by atoms with Gasteiger partial charge in [0.2, 0.25) is 0 Å². The van der Waals surface area contributed by atoms with Gasteiger partial charge in [0.25, 0.3) is 0 Å². The predicted molar refractivity (Wildman–Crippen MR) is 182 cm³/mol. The second-order valence-corrected chi connectivity index (χ2v) is 11.9. The van der Waals surface area contributed by atoms with E-state index in [1.807, 2.05) is 0 Å². The van der Waals surface area contributed by atoms with Crippen molar-refractivity contribution in [1.82, 2.24) is 0 Å². The molecule has 2 rings (SSSR count). The van der Waals surface area contributed by atoms with Gasteiger partial charge in [0, 0.05) is 10.8 Å². The molecule has 0 fully saturated rings. The Morgan fingerprint density at radius 3 is 0.783 bits per heavy atom. The lowest BCUT2D eigenvalue weighted by Crippen LogP contribution is -2.17. The molecule has 0 atom stereocenters.